The number of benzene rings is 2. The van der Waals surface area contributed by atoms with Crippen molar-refractivity contribution in [2.24, 2.45) is 0 Å². The molecule has 3 aliphatic rings. The van der Waals surface area contributed by atoms with E-state index in [1.165, 1.54) is 35.0 Å². The number of non-ortho nitro benzene ring substituents is 1. The monoisotopic (exact) mass is 605 g/mol. The minimum atomic E-state index is -1.30. The number of hydrogen-bond acceptors (Lipinski definition) is 8. The molecule has 0 radical (unpaired) electrons. The van der Waals surface area contributed by atoms with Crippen LogP contribution in [0.25, 0.3) is 10.9 Å². The molecule has 4 atom stereocenters. The van der Waals surface area contributed by atoms with Crippen molar-refractivity contribution in [3.05, 3.63) is 85.7 Å². The number of thioether (sulfide) groups is 1. The lowest BCUT2D eigenvalue weighted by Crippen LogP contribution is -2.71. The van der Waals surface area contributed by atoms with Gasteiger partial charge in [-0.15, -0.1) is 11.8 Å². The van der Waals surface area contributed by atoms with Crippen LogP contribution in [0.2, 0.25) is 0 Å². The summed E-state index contributed by atoms with van der Waals surface area (Å²) in [7, 11) is 0. The molecular formula is C29H27N5O8S. The van der Waals surface area contributed by atoms with Crippen LogP contribution in [0, 0.1) is 10.1 Å². The number of carboxylic acid groups (broad SMARTS) is 1. The number of nitrogens with zero attached hydrogens (tertiary/aromatic N) is 3. The molecule has 43 heavy (non-hydrogen) atoms. The normalized spacial score (nSPS) is 22.3. The first kappa shape index (κ1) is 28.4. The molecule has 0 spiro atoms. The first-order valence-electron chi connectivity index (χ1n) is 13.6. The van der Waals surface area contributed by atoms with Crippen LogP contribution in [0.5, 0.6) is 0 Å². The fourth-order valence-electron chi connectivity index (χ4n) is 6.22. The van der Waals surface area contributed by atoms with Gasteiger partial charge in [-0.3, -0.25) is 29.3 Å². The Labute approximate surface area is 248 Å². The van der Waals surface area contributed by atoms with Crippen LogP contribution in [0.3, 0.4) is 0 Å². The van der Waals surface area contributed by atoms with E-state index in [-0.39, 0.29) is 16.6 Å². The number of hydrogen-bond donors (Lipinski definition) is 3. The highest BCUT2D eigenvalue weighted by atomic mass is 32.2. The van der Waals surface area contributed by atoms with Gasteiger partial charge in [-0.2, -0.15) is 0 Å². The van der Waals surface area contributed by atoms with Crippen LogP contribution in [0.4, 0.5) is 5.69 Å². The lowest BCUT2D eigenvalue weighted by atomic mass is 9.95. The van der Waals surface area contributed by atoms with E-state index in [4.69, 9.17) is 0 Å². The third-order valence-corrected chi connectivity index (χ3v) is 9.75. The number of carboxylic acids is 1. The predicted molar refractivity (Wildman–Crippen MR) is 155 cm³/mol. The first-order valence-corrected chi connectivity index (χ1v) is 14.5. The first-order chi connectivity index (χ1) is 20.4. The molecule has 0 bridgehead atoms. The van der Waals surface area contributed by atoms with Crippen LogP contribution in [-0.4, -0.2) is 65.4 Å². The molecule has 2 saturated heterocycles. The maximum absolute atomic E-state index is 13.6. The number of aromatic nitrogens is 1. The number of fused-ring (bicyclic) bond motifs is 1. The van der Waals surface area contributed by atoms with Gasteiger partial charge in [0.15, 0.2) is 0 Å². The van der Waals surface area contributed by atoms with Gasteiger partial charge in [0.25, 0.3) is 11.6 Å². The molecular weight excluding hydrogens is 578 g/mol. The number of rotatable bonds is 7. The molecule has 4 unspecified atom stereocenters. The van der Waals surface area contributed by atoms with E-state index in [2.05, 4.69) is 10.6 Å². The lowest BCUT2D eigenvalue weighted by Gasteiger charge is -2.44. The average Bonchev–Trinajstić information content (AvgIpc) is 3.24. The van der Waals surface area contributed by atoms with E-state index in [1.54, 1.807) is 48.7 Å². The van der Waals surface area contributed by atoms with Crippen molar-refractivity contribution in [1.29, 1.82) is 0 Å². The standard InChI is InChI=1S/C29H27N5O8S/c1-29(2)23(28(39)40)33-26(38)20(27(33)43-29)31-25(37)19(14-7-4-3-5-8-14)30-24(36)18-13-32-10-6-9-15-11-16(34(41)42)12-17(21(15)32)22(18)35/h3-5,7-8,11-13,19-20,23,27H,6,9-10H2,1-2H3,(H,30,36)(H,31,37)(H,39,40). The molecule has 1 aromatic heterocycles. The molecule has 3 N–H and O–H groups in total. The van der Waals surface area contributed by atoms with Crippen molar-refractivity contribution >= 4 is 52.0 Å². The molecule has 3 amide bonds. The summed E-state index contributed by atoms with van der Waals surface area (Å²) in [5.41, 5.74) is 0.359. The summed E-state index contributed by atoms with van der Waals surface area (Å²) in [6, 6.07) is 7.54. The van der Waals surface area contributed by atoms with Crippen LogP contribution in [-0.2, 0) is 27.3 Å². The van der Waals surface area contributed by atoms with Crippen molar-refractivity contribution in [1.82, 2.24) is 20.1 Å². The zero-order chi connectivity index (χ0) is 30.8. The van der Waals surface area contributed by atoms with Crippen molar-refractivity contribution in [2.75, 3.05) is 0 Å². The quantitative estimate of drug-likeness (QED) is 0.206. The molecule has 13 nitrogen and oxygen atoms in total. The number of nitrogens with one attached hydrogen (secondary N) is 2. The van der Waals surface area contributed by atoms with Gasteiger partial charge in [-0.25, -0.2) is 4.79 Å². The maximum Gasteiger partial charge on any atom is 0.327 e. The Bertz CT molecular complexity index is 1790. The van der Waals surface area contributed by atoms with E-state index >= 15 is 0 Å². The van der Waals surface area contributed by atoms with E-state index in [0.29, 0.717) is 36.0 Å². The highest BCUT2D eigenvalue weighted by molar-refractivity contribution is 8.01. The molecule has 3 aliphatic heterocycles. The maximum atomic E-state index is 13.6. The van der Waals surface area contributed by atoms with E-state index < -0.39 is 62.3 Å². The number of carbonyl (C=O) groups is 4. The molecule has 3 aromatic rings. The van der Waals surface area contributed by atoms with Crippen molar-refractivity contribution in [2.45, 2.75) is 61.5 Å². The fourth-order valence-corrected chi connectivity index (χ4v) is 7.85. The number of nitro benzene ring substituents is 1. The third-order valence-electron chi connectivity index (χ3n) is 8.18. The van der Waals surface area contributed by atoms with Crippen molar-refractivity contribution in [3.63, 3.8) is 0 Å². The molecule has 14 heteroatoms. The van der Waals surface area contributed by atoms with Crippen LogP contribution >= 0.6 is 11.8 Å². The summed E-state index contributed by atoms with van der Waals surface area (Å²) in [5, 5.41) is 26.0. The molecule has 2 aromatic carbocycles. The molecule has 2 fully saturated rings. The Morgan fingerprint density at radius 3 is 2.56 bits per heavy atom. The van der Waals surface area contributed by atoms with Crippen LogP contribution in [0.1, 0.15) is 47.8 Å². The second kappa shape index (κ2) is 10.2. The fraction of sp³-hybridized carbons (Fsp3) is 0.345. The van der Waals surface area contributed by atoms with Gasteiger partial charge in [0, 0.05) is 29.6 Å². The number of amides is 3. The highest BCUT2D eigenvalue weighted by Crippen LogP contribution is 2.50. The minimum Gasteiger partial charge on any atom is -0.480 e. The number of β-lactam (4-membered cyclic amide) rings is 1. The second-order valence-corrected chi connectivity index (χ2v) is 13.1. The Hall–Kier alpha value is -4.72. The summed E-state index contributed by atoms with van der Waals surface area (Å²) in [4.78, 5) is 77.8. The predicted octanol–water partition coefficient (Wildman–Crippen LogP) is 1.96. The molecule has 0 saturated carbocycles. The van der Waals surface area contributed by atoms with Gasteiger partial charge in [0.05, 0.1) is 15.8 Å². The zero-order valence-corrected chi connectivity index (χ0v) is 23.9. The van der Waals surface area contributed by atoms with E-state index in [1.807, 2.05) is 0 Å². The van der Waals surface area contributed by atoms with Gasteiger partial charge in [0.1, 0.15) is 29.1 Å². The Kier molecular flexibility index (Phi) is 6.75. The minimum absolute atomic E-state index is 0.0475. The number of aliphatic carboxylic acids is 1. The Morgan fingerprint density at radius 2 is 1.88 bits per heavy atom. The van der Waals surface area contributed by atoms with Gasteiger partial charge in [-0.05, 0) is 37.8 Å². The molecule has 222 valence electrons. The van der Waals surface area contributed by atoms with Crippen molar-refractivity contribution < 1.29 is 29.2 Å². The van der Waals surface area contributed by atoms with Gasteiger partial charge < -0.3 is 25.2 Å². The third kappa shape index (κ3) is 4.61. The smallest absolute Gasteiger partial charge is 0.327 e. The van der Waals surface area contributed by atoms with E-state index in [0.717, 1.165) is 0 Å². The SMILES string of the molecule is CC1(C)SC2C(NC(=O)C(NC(=O)c3cn4c5c(cc([N+](=O)[O-])cc5c3=O)CCC4)c3ccccc3)C(=O)N2C1C(=O)O. The lowest BCUT2D eigenvalue weighted by molar-refractivity contribution is -0.384. The number of aryl methyl sites for hydroxylation is 2. The number of carbonyl (C=O) groups excluding carboxylic acids is 3. The molecule has 4 heterocycles. The summed E-state index contributed by atoms with van der Waals surface area (Å²) >= 11 is 1.27. The van der Waals surface area contributed by atoms with Crippen LogP contribution < -0.4 is 16.1 Å². The van der Waals surface area contributed by atoms with Gasteiger partial charge in [-0.1, -0.05) is 30.3 Å². The zero-order valence-electron chi connectivity index (χ0n) is 23.1. The number of pyridine rings is 1. The molecule has 0 aliphatic carbocycles. The number of nitro groups is 1. The Morgan fingerprint density at radius 1 is 1.16 bits per heavy atom. The highest BCUT2D eigenvalue weighted by Gasteiger charge is 2.64. The average molecular weight is 606 g/mol. The van der Waals surface area contributed by atoms with Crippen LogP contribution in [0.15, 0.2) is 53.5 Å². The summed E-state index contributed by atoms with van der Waals surface area (Å²) in [6.45, 7) is 3.94. The topological polar surface area (TPSA) is 181 Å². The summed E-state index contributed by atoms with van der Waals surface area (Å²) in [5.74, 6) is -3.24. The summed E-state index contributed by atoms with van der Waals surface area (Å²) in [6.07, 6.45) is 2.62. The van der Waals surface area contributed by atoms with Gasteiger partial charge in [0.2, 0.25) is 17.2 Å². The molecule has 6 rings (SSSR count). The van der Waals surface area contributed by atoms with Gasteiger partial charge >= 0.3 is 5.97 Å². The van der Waals surface area contributed by atoms with Crippen molar-refractivity contribution in [3.8, 4) is 0 Å². The summed E-state index contributed by atoms with van der Waals surface area (Å²) < 4.78 is 0.942. The Balaban J connectivity index is 1.31. The second-order valence-electron chi connectivity index (χ2n) is 11.3. The largest absolute Gasteiger partial charge is 0.480 e. The van der Waals surface area contributed by atoms with E-state index in [9.17, 15) is 39.2 Å².